The predicted molar refractivity (Wildman–Crippen MR) is 56.0 cm³/mol. The summed E-state index contributed by atoms with van der Waals surface area (Å²) in [7, 11) is 0. The van der Waals surface area contributed by atoms with E-state index in [1.165, 1.54) is 25.7 Å². The van der Waals surface area contributed by atoms with Crippen LogP contribution in [0.5, 0.6) is 0 Å². The molecule has 0 aliphatic heterocycles. The molecular formula is C9H18N2S. The van der Waals surface area contributed by atoms with Crippen molar-refractivity contribution >= 4 is 17.3 Å². The Kier molecular flexibility index (Phi) is 2.94. The highest BCUT2D eigenvalue weighted by molar-refractivity contribution is 7.80. The summed E-state index contributed by atoms with van der Waals surface area (Å²) in [5, 5.41) is 3.62. The zero-order valence-electron chi connectivity index (χ0n) is 7.89. The molecular weight excluding hydrogens is 168 g/mol. The minimum Gasteiger partial charge on any atom is -0.376 e. The Hall–Kier alpha value is -0.310. The minimum atomic E-state index is 0.349. The van der Waals surface area contributed by atoms with Crippen LogP contribution >= 0.6 is 12.2 Å². The zero-order chi connectivity index (χ0) is 9.19. The molecule has 0 saturated heterocycles. The van der Waals surface area contributed by atoms with E-state index in [1.807, 2.05) is 0 Å². The Labute approximate surface area is 79.9 Å². The fourth-order valence-corrected chi connectivity index (χ4v) is 2.08. The lowest BCUT2D eigenvalue weighted by molar-refractivity contribution is 0.186. The lowest BCUT2D eigenvalue weighted by Crippen LogP contribution is -2.48. The Morgan fingerprint density at radius 1 is 1.50 bits per heavy atom. The van der Waals surface area contributed by atoms with E-state index in [2.05, 4.69) is 19.2 Å². The topological polar surface area (TPSA) is 38.0 Å². The van der Waals surface area contributed by atoms with Gasteiger partial charge in [-0.3, -0.25) is 0 Å². The maximum atomic E-state index is 5.46. The molecule has 0 amide bonds. The molecule has 1 aliphatic rings. The van der Waals surface area contributed by atoms with E-state index in [1.54, 1.807) is 0 Å². The number of nitrogens with two attached hydrogens (primary N) is 1. The molecule has 0 bridgehead atoms. The van der Waals surface area contributed by atoms with Crippen molar-refractivity contribution in [1.82, 2.24) is 5.32 Å². The first kappa shape index (κ1) is 9.78. The molecule has 1 rings (SSSR count). The van der Waals surface area contributed by atoms with Crippen LogP contribution in [0.1, 0.15) is 39.5 Å². The molecule has 3 heteroatoms. The van der Waals surface area contributed by atoms with Crippen LogP contribution in [-0.4, -0.2) is 11.2 Å². The second kappa shape index (κ2) is 3.60. The monoisotopic (exact) mass is 186 g/mol. The molecule has 1 saturated carbocycles. The van der Waals surface area contributed by atoms with E-state index in [9.17, 15) is 0 Å². The molecule has 70 valence electrons. The molecule has 1 atom stereocenters. The maximum Gasteiger partial charge on any atom is 0.163 e. The first-order valence-electron chi connectivity index (χ1n) is 4.58. The van der Waals surface area contributed by atoms with Crippen molar-refractivity contribution in [1.29, 1.82) is 0 Å². The molecule has 0 aromatic carbocycles. The molecule has 12 heavy (non-hydrogen) atoms. The van der Waals surface area contributed by atoms with Crippen molar-refractivity contribution in [2.24, 2.45) is 11.1 Å². The fraction of sp³-hybridized carbons (Fsp3) is 0.889. The molecule has 0 spiro atoms. The lowest BCUT2D eigenvalue weighted by atomic mass is 9.73. The standard InChI is InChI=1S/C9H18N2S/c1-9(2)6-4-3-5-7(9)11-8(10)12/h7H,3-6H2,1-2H3,(H3,10,11,12). The van der Waals surface area contributed by atoms with Gasteiger partial charge in [0.15, 0.2) is 5.11 Å². The first-order valence-corrected chi connectivity index (χ1v) is 4.99. The van der Waals surface area contributed by atoms with Gasteiger partial charge in [0.25, 0.3) is 0 Å². The average molecular weight is 186 g/mol. The quantitative estimate of drug-likeness (QED) is 0.613. The summed E-state index contributed by atoms with van der Waals surface area (Å²) in [5.74, 6) is 0. The van der Waals surface area contributed by atoms with Gasteiger partial charge in [-0.15, -0.1) is 0 Å². The summed E-state index contributed by atoms with van der Waals surface area (Å²) in [6.45, 7) is 4.56. The molecule has 0 radical (unpaired) electrons. The Morgan fingerprint density at radius 3 is 2.67 bits per heavy atom. The van der Waals surface area contributed by atoms with Crippen LogP contribution in [0.3, 0.4) is 0 Å². The highest BCUT2D eigenvalue weighted by Crippen LogP contribution is 2.35. The van der Waals surface area contributed by atoms with Crippen molar-refractivity contribution in [3.8, 4) is 0 Å². The van der Waals surface area contributed by atoms with Crippen molar-refractivity contribution in [2.75, 3.05) is 0 Å². The molecule has 3 N–H and O–H groups in total. The van der Waals surface area contributed by atoms with Crippen molar-refractivity contribution in [2.45, 2.75) is 45.6 Å². The van der Waals surface area contributed by atoms with E-state index >= 15 is 0 Å². The van der Waals surface area contributed by atoms with Crippen LogP contribution in [0.4, 0.5) is 0 Å². The zero-order valence-corrected chi connectivity index (χ0v) is 8.71. The molecule has 0 aromatic rings. The van der Waals surface area contributed by atoms with Gasteiger partial charge < -0.3 is 11.1 Å². The van der Waals surface area contributed by atoms with Crippen molar-refractivity contribution in [3.05, 3.63) is 0 Å². The lowest BCUT2D eigenvalue weighted by Gasteiger charge is -2.39. The average Bonchev–Trinajstić information content (AvgIpc) is 1.92. The summed E-state index contributed by atoms with van der Waals surface area (Å²) < 4.78 is 0. The van der Waals surface area contributed by atoms with Crippen LogP contribution in [0.15, 0.2) is 0 Å². The van der Waals surface area contributed by atoms with E-state index in [0.29, 0.717) is 16.6 Å². The van der Waals surface area contributed by atoms with Gasteiger partial charge in [0.1, 0.15) is 0 Å². The number of hydrogen-bond donors (Lipinski definition) is 2. The van der Waals surface area contributed by atoms with Gasteiger partial charge in [-0.25, -0.2) is 0 Å². The normalized spacial score (nSPS) is 28.0. The molecule has 1 fully saturated rings. The van der Waals surface area contributed by atoms with Gasteiger partial charge in [-0.1, -0.05) is 26.7 Å². The summed E-state index contributed by atoms with van der Waals surface area (Å²) in [6.07, 6.45) is 5.10. The van der Waals surface area contributed by atoms with E-state index in [4.69, 9.17) is 18.0 Å². The van der Waals surface area contributed by atoms with E-state index in [-0.39, 0.29) is 0 Å². The maximum absolute atomic E-state index is 5.46. The second-order valence-electron chi connectivity index (χ2n) is 4.30. The molecule has 0 aromatic heterocycles. The first-order chi connectivity index (χ1) is 5.52. The number of hydrogen-bond acceptors (Lipinski definition) is 1. The Bertz CT molecular complexity index is 177. The summed E-state index contributed by atoms with van der Waals surface area (Å²) in [4.78, 5) is 0. The van der Waals surface area contributed by atoms with Gasteiger partial charge in [0.05, 0.1) is 0 Å². The van der Waals surface area contributed by atoms with Gasteiger partial charge >= 0.3 is 0 Å². The van der Waals surface area contributed by atoms with E-state index in [0.717, 1.165) is 0 Å². The molecule has 2 nitrogen and oxygen atoms in total. The molecule has 1 unspecified atom stereocenters. The van der Waals surface area contributed by atoms with Gasteiger partial charge in [-0.05, 0) is 30.5 Å². The molecule has 1 aliphatic carbocycles. The largest absolute Gasteiger partial charge is 0.376 e. The SMILES string of the molecule is CC1(C)CCCCC1NC(N)=S. The van der Waals surface area contributed by atoms with Crippen LogP contribution < -0.4 is 11.1 Å². The summed E-state index contributed by atoms with van der Waals surface area (Å²) >= 11 is 4.85. The van der Waals surface area contributed by atoms with Gasteiger partial charge in [-0.2, -0.15) is 0 Å². The van der Waals surface area contributed by atoms with Crippen LogP contribution in [0, 0.1) is 5.41 Å². The van der Waals surface area contributed by atoms with Crippen molar-refractivity contribution < 1.29 is 0 Å². The number of thiocarbonyl (C=S) groups is 1. The minimum absolute atomic E-state index is 0.349. The fourth-order valence-electron chi connectivity index (χ4n) is 1.93. The Balaban J connectivity index is 2.54. The smallest absolute Gasteiger partial charge is 0.163 e. The van der Waals surface area contributed by atoms with Crippen LogP contribution in [-0.2, 0) is 0 Å². The third-order valence-electron chi connectivity index (χ3n) is 2.82. The van der Waals surface area contributed by atoms with E-state index < -0.39 is 0 Å². The van der Waals surface area contributed by atoms with Crippen molar-refractivity contribution in [3.63, 3.8) is 0 Å². The number of nitrogens with one attached hydrogen (secondary N) is 1. The summed E-state index contributed by atoms with van der Waals surface area (Å²) in [6, 6.07) is 0.476. The van der Waals surface area contributed by atoms with Gasteiger partial charge in [0, 0.05) is 6.04 Å². The third-order valence-corrected chi connectivity index (χ3v) is 2.94. The number of rotatable bonds is 1. The van der Waals surface area contributed by atoms with Crippen LogP contribution in [0.2, 0.25) is 0 Å². The second-order valence-corrected chi connectivity index (χ2v) is 4.74. The third kappa shape index (κ3) is 2.34. The van der Waals surface area contributed by atoms with Gasteiger partial charge in [0.2, 0.25) is 0 Å². The predicted octanol–water partition coefficient (Wildman–Crippen LogP) is 1.79. The van der Waals surface area contributed by atoms with Crippen LogP contribution in [0.25, 0.3) is 0 Å². The Morgan fingerprint density at radius 2 is 2.17 bits per heavy atom. The summed E-state index contributed by atoms with van der Waals surface area (Å²) in [5.41, 5.74) is 5.81. The molecule has 0 heterocycles. The highest BCUT2D eigenvalue weighted by Gasteiger charge is 2.31. The highest BCUT2D eigenvalue weighted by atomic mass is 32.1.